The maximum Gasteiger partial charge on any atom is 0.472 e. The van der Waals surface area contributed by atoms with Crippen molar-refractivity contribution in [1.29, 1.82) is 0 Å². The summed E-state index contributed by atoms with van der Waals surface area (Å²) in [6.45, 7) is 4.18. The van der Waals surface area contributed by atoms with Crippen LogP contribution in [0.15, 0.2) is 24.3 Å². The molecule has 1 aliphatic carbocycles. The largest absolute Gasteiger partial charge is 0.472 e. The second kappa shape index (κ2) is 35.6. The van der Waals surface area contributed by atoms with E-state index in [1.807, 2.05) is 0 Å². The van der Waals surface area contributed by atoms with Gasteiger partial charge in [-0.2, -0.15) is 0 Å². The van der Waals surface area contributed by atoms with Crippen LogP contribution in [0.2, 0.25) is 0 Å². The Hall–Kier alpha value is -1.18. The highest BCUT2D eigenvalue weighted by atomic mass is 31.2. The van der Waals surface area contributed by atoms with Gasteiger partial charge in [0.15, 0.2) is 0 Å². The van der Waals surface area contributed by atoms with Crippen LogP contribution in [-0.4, -0.2) is 98.9 Å². The molecule has 12 nitrogen and oxygen atoms in total. The molecular formula is C44H83O12P. The summed E-state index contributed by atoms with van der Waals surface area (Å²) in [5, 5.41) is 50.1. The number of aliphatic hydroxyl groups is 5. The summed E-state index contributed by atoms with van der Waals surface area (Å²) in [6.07, 6.45) is 26.7. The van der Waals surface area contributed by atoms with Crippen LogP contribution in [-0.2, 0) is 27.9 Å². The van der Waals surface area contributed by atoms with Gasteiger partial charge >= 0.3 is 13.8 Å². The number of allylic oxidation sites excluding steroid dienone is 4. The Morgan fingerprint density at radius 3 is 1.54 bits per heavy atom. The molecule has 6 atom stereocenters. The van der Waals surface area contributed by atoms with E-state index in [1.165, 1.54) is 96.3 Å². The summed E-state index contributed by atoms with van der Waals surface area (Å²) in [5.41, 5.74) is 0. The van der Waals surface area contributed by atoms with Gasteiger partial charge in [-0.05, 0) is 38.5 Å². The summed E-state index contributed by atoms with van der Waals surface area (Å²) in [4.78, 5) is 23.1. The fourth-order valence-electron chi connectivity index (χ4n) is 6.92. The molecule has 1 rings (SSSR count). The van der Waals surface area contributed by atoms with Crippen LogP contribution in [0.3, 0.4) is 0 Å². The number of unbranched alkanes of at least 4 members (excludes halogenated alkanes) is 22. The molecule has 57 heavy (non-hydrogen) atoms. The first kappa shape index (κ1) is 53.8. The van der Waals surface area contributed by atoms with Crippen LogP contribution >= 0.6 is 7.82 Å². The van der Waals surface area contributed by atoms with E-state index in [0.717, 1.165) is 64.2 Å². The van der Waals surface area contributed by atoms with Gasteiger partial charge in [0.05, 0.1) is 13.2 Å². The SMILES string of the molecule is CCC/C=C\C/C=C\CCCCCCCCOCC(COP(=O)(O)OC1C(O)C(O)C(O)C(O)C1O)OC(=O)CCCCCCCCCCCCCCCCCC. The van der Waals surface area contributed by atoms with E-state index >= 15 is 0 Å². The molecule has 336 valence electrons. The fraction of sp³-hybridized carbons (Fsp3) is 0.886. The van der Waals surface area contributed by atoms with Crippen LogP contribution in [0, 0.1) is 0 Å². The van der Waals surface area contributed by atoms with Crippen molar-refractivity contribution in [2.45, 2.75) is 230 Å². The van der Waals surface area contributed by atoms with Crippen LogP contribution in [0.4, 0.5) is 0 Å². The van der Waals surface area contributed by atoms with Gasteiger partial charge in [0.25, 0.3) is 0 Å². The molecule has 0 radical (unpaired) electrons. The molecule has 0 heterocycles. The van der Waals surface area contributed by atoms with E-state index in [-0.39, 0.29) is 13.0 Å². The minimum Gasteiger partial charge on any atom is -0.457 e. The Morgan fingerprint density at radius 2 is 1.02 bits per heavy atom. The van der Waals surface area contributed by atoms with E-state index in [2.05, 4.69) is 38.2 Å². The molecule has 0 saturated heterocycles. The number of carbonyl (C=O) groups excluding carboxylic acids is 1. The second-order valence-electron chi connectivity index (χ2n) is 15.9. The lowest BCUT2D eigenvalue weighted by Gasteiger charge is -2.41. The minimum absolute atomic E-state index is 0.0804. The lowest BCUT2D eigenvalue weighted by Crippen LogP contribution is -2.64. The number of hydrogen-bond acceptors (Lipinski definition) is 11. The number of ether oxygens (including phenoxy) is 2. The average molecular weight is 835 g/mol. The topological polar surface area (TPSA) is 192 Å². The maximum absolute atomic E-state index is 12.8. The van der Waals surface area contributed by atoms with Gasteiger partial charge in [-0.1, -0.05) is 167 Å². The third-order valence-electron chi connectivity index (χ3n) is 10.6. The molecule has 1 fully saturated rings. The Labute approximate surface area is 345 Å². The molecule has 0 aliphatic heterocycles. The Balaban J connectivity index is 2.40. The number of hydrogen-bond donors (Lipinski definition) is 6. The predicted molar refractivity (Wildman–Crippen MR) is 226 cm³/mol. The lowest BCUT2D eigenvalue weighted by molar-refractivity contribution is -0.220. The zero-order valence-electron chi connectivity index (χ0n) is 35.6. The van der Waals surface area contributed by atoms with Crippen LogP contribution in [0.1, 0.15) is 187 Å². The molecule has 0 amide bonds. The van der Waals surface area contributed by atoms with Gasteiger partial charge in [-0.15, -0.1) is 0 Å². The summed E-state index contributed by atoms with van der Waals surface area (Å²) >= 11 is 0. The van der Waals surface area contributed by atoms with Crippen LogP contribution in [0.25, 0.3) is 0 Å². The third-order valence-corrected chi connectivity index (χ3v) is 11.5. The Kier molecular flexibility index (Phi) is 33.6. The summed E-state index contributed by atoms with van der Waals surface area (Å²) in [6, 6.07) is 0. The number of phosphoric ester groups is 1. The first-order valence-electron chi connectivity index (χ1n) is 22.7. The Bertz CT molecular complexity index is 1040. The van der Waals surface area contributed by atoms with E-state index in [4.69, 9.17) is 18.5 Å². The quantitative estimate of drug-likeness (QED) is 0.0150. The molecule has 0 spiro atoms. The van der Waals surface area contributed by atoms with E-state index in [0.29, 0.717) is 13.0 Å². The maximum atomic E-state index is 12.8. The Morgan fingerprint density at radius 1 is 0.561 bits per heavy atom. The average Bonchev–Trinajstić information content (AvgIpc) is 3.19. The fourth-order valence-corrected chi connectivity index (χ4v) is 7.90. The molecule has 0 aromatic heterocycles. The molecule has 13 heteroatoms. The van der Waals surface area contributed by atoms with Gasteiger partial charge in [-0.25, -0.2) is 4.57 Å². The van der Waals surface area contributed by atoms with Crippen molar-refractivity contribution in [3.63, 3.8) is 0 Å². The first-order valence-corrected chi connectivity index (χ1v) is 24.2. The number of esters is 1. The lowest BCUT2D eigenvalue weighted by atomic mass is 9.85. The highest BCUT2D eigenvalue weighted by Gasteiger charge is 2.51. The zero-order chi connectivity index (χ0) is 42.0. The molecule has 0 aromatic rings. The van der Waals surface area contributed by atoms with Crippen LogP contribution < -0.4 is 0 Å². The van der Waals surface area contributed by atoms with Crippen LogP contribution in [0.5, 0.6) is 0 Å². The zero-order valence-corrected chi connectivity index (χ0v) is 36.5. The van der Waals surface area contributed by atoms with Crippen molar-refractivity contribution >= 4 is 13.8 Å². The predicted octanol–water partition coefficient (Wildman–Crippen LogP) is 8.92. The number of rotatable bonds is 38. The van der Waals surface area contributed by atoms with Crippen molar-refractivity contribution in [3.8, 4) is 0 Å². The van der Waals surface area contributed by atoms with E-state index in [9.17, 15) is 39.8 Å². The van der Waals surface area contributed by atoms with Gasteiger partial charge in [0, 0.05) is 13.0 Å². The molecule has 6 N–H and O–H groups in total. The highest BCUT2D eigenvalue weighted by Crippen LogP contribution is 2.47. The second-order valence-corrected chi connectivity index (χ2v) is 17.3. The van der Waals surface area contributed by atoms with Crippen molar-refractivity contribution in [2.24, 2.45) is 0 Å². The summed E-state index contributed by atoms with van der Waals surface area (Å²) < 4.78 is 34.1. The van der Waals surface area contributed by atoms with Gasteiger partial charge in [0.1, 0.15) is 42.7 Å². The number of aliphatic hydroxyl groups excluding tert-OH is 5. The molecule has 0 bridgehead atoms. The molecule has 1 aliphatic rings. The van der Waals surface area contributed by atoms with E-state index < -0.39 is 63.1 Å². The number of carbonyl (C=O) groups is 1. The minimum atomic E-state index is -5.01. The normalized spacial score (nSPS) is 23.0. The van der Waals surface area contributed by atoms with Gasteiger partial charge in [0.2, 0.25) is 0 Å². The van der Waals surface area contributed by atoms with Crippen molar-refractivity contribution < 1.29 is 58.3 Å². The van der Waals surface area contributed by atoms with Gasteiger partial charge < -0.3 is 39.9 Å². The van der Waals surface area contributed by atoms with Crippen molar-refractivity contribution in [2.75, 3.05) is 19.8 Å². The highest BCUT2D eigenvalue weighted by molar-refractivity contribution is 7.47. The third kappa shape index (κ3) is 28.1. The molecule has 0 aromatic carbocycles. The summed E-state index contributed by atoms with van der Waals surface area (Å²) in [5.74, 6) is -0.479. The smallest absolute Gasteiger partial charge is 0.457 e. The van der Waals surface area contributed by atoms with E-state index in [1.54, 1.807) is 0 Å². The molecule has 1 saturated carbocycles. The number of phosphoric acid groups is 1. The van der Waals surface area contributed by atoms with Crippen molar-refractivity contribution in [1.82, 2.24) is 0 Å². The standard InChI is InChI=1S/C44H83O12P/c1-3-5-7-9-11-13-15-17-19-20-21-23-25-27-29-31-33-38(45)55-37(35-53-34-32-30-28-26-24-22-18-16-14-12-10-8-6-4-2)36-54-57(51,52)56-44-42(49)40(47)39(46)41(48)43(44)50/h8,10,14,16,37,39-44,46-50H,3-7,9,11-13,15,17-36H2,1-2H3,(H,51,52)/b10-8-,16-14-. The van der Waals surface area contributed by atoms with Gasteiger partial charge in [-0.3, -0.25) is 13.8 Å². The first-order chi connectivity index (χ1) is 27.5. The van der Waals surface area contributed by atoms with Crippen molar-refractivity contribution in [3.05, 3.63) is 24.3 Å². The monoisotopic (exact) mass is 835 g/mol. The molecular weight excluding hydrogens is 751 g/mol. The molecule has 6 unspecified atom stereocenters. The summed E-state index contributed by atoms with van der Waals surface area (Å²) in [7, 11) is -5.01.